The second-order valence-corrected chi connectivity index (χ2v) is 10.1. The van der Waals surface area contributed by atoms with Gasteiger partial charge in [-0.3, -0.25) is 14.4 Å². The highest BCUT2D eigenvalue weighted by Crippen LogP contribution is 2.29. The van der Waals surface area contributed by atoms with Crippen LogP contribution in [-0.4, -0.2) is 24.5 Å². The molecular weight excluding hydrogens is 512 g/mol. The summed E-state index contributed by atoms with van der Waals surface area (Å²) in [5, 5.41) is 0. The van der Waals surface area contributed by atoms with Crippen molar-refractivity contribution >= 4 is 17.3 Å². The molecule has 5 rings (SSSR count). The Hall–Kier alpha value is -5.03. The van der Waals surface area contributed by atoms with Crippen LogP contribution < -0.4 is 9.47 Å². The van der Waals surface area contributed by atoms with Gasteiger partial charge < -0.3 is 9.47 Å². The Morgan fingerprint density at radius 1 is 0.610 bits per heavy atom. The van der Waals surface area contributed by atoms with Crippen LogP contribution in [-0.2, 0) is 0 Å². The molecular formula is C36H30O5. The minimum Gasteiger partial charge on any atom is -0.497 e. The Balaban J connectivity index is 1.20. The standard InChI is InChI=1S/C36H30O5/c1-23-4-6-25(7-5-23)34(37)26-10-17-31(18-11-26)41-32-19-12-27(13-20-32)35(38)29-14-21-33(24(2)22-29)36(39)28-8-15-30(40-3)16-9-28/h4-22,24,33H,1-3H3. The first-order valence-corrected chi connectivity index (χ1v) is 13.4. The third kappa shape index (κ3) is 6.25. The van der Waals surface area contributed by atoms with Gasteiger partial charge in [-0.2, -0.15) is 0 Å². The van der Waals surface area contributed by atoms with Gasteiger partial charge in [-0.1, -0.05) is 55.0 Å². The molecule has 0 bridgehead atoms. The van der Waals surface area contributed by atoms with Crippen molar-refractivity contribution in [1.82, 2.24) is 0 Å². The van der Waals surface area contributed by atoms with Gasteiger partial charge in [-0.15, -0.1) is 0 Å². The molecule has 0 amide bonds. The number of hydrogen-bond donors (Lipinski definition) is 0. The van der Waals surface area contributed by atoms with Crippen molar-refractivity contribution in [3.63, 3.8) is 0 Å². The molecule has 1 aliphatic carbocycles. The zero-order chi connectivity index (χ0) is 28.9. The molecule has 41 heavy (non-hydrogen) atoms. The fraction of sp³-hybridized carbons (Fsp3) is 0.139. The zero-order valence-electron chi connectivity index (χ0n) is 23.2. The van der Waals surface area contributed by atoms with E-state index in [1.165, 1.54) is 0 Å². The van der Waals surface area contributed by atoms with E-state index in [9.17, 15) is 14.4 Å². The van der Waals surface area contributed by atoms with Gasteiger partial charge in [0.05, 0.1) is 7.11 Å². The molecule has 2 atom stereocenters. The lowest BCUT2D eigenvalue weighted by Crippen LogP contribution is -2.22. The van der Waals surface area contributed by atoms with Crippen LogP contribution in [0.1, 0.15) is 49.1 Å². The highest BCUT2D eigenvalue weighted by Gasteiger charge is 2.27. The fourth-order valence-electron chi connectivity index (χ4n) is 4.77. The van der Waals surface area contributed by atoms with Crippen LogP contribution in [0.3, 0.4) is 0 Å². The van der Waals surface area contributed by atoms with Crippen molar-refractivity contribution in [3.8, 4) is 17.2 Å². The number of ether oxygens (including phenoxy) is 2. The van der Waals surface area contributed by atoms with Gasteiger partial charge in [-0.25, -0.2) is 0 Å². The van der Waals surface area contributed by atoms with Crippen molar-refractivity contribution in [2.45, 2.75) is 13.8 Å². The molecule has 1 aliphatic rings. The number of Topliss-reactive ketones (excluding diaryl/α,β-unsaturated/α-hetero) is 2. The molecule has 2 unspecified atom stereocenters. The van der Waals surface area contributed by atoms with E-state index in [1.54, 1.807) is 86.0 Å². The van der Waals surface area contributed by atoms with Crippen LogP contribution in [0.4, 0.5) is 0 Å². The highest BCUT2D eigenvalue weighted by atomic mass is 16.5. The molecule has 0 spiro atoms. The molecule has 0 saturated heterocycles. The Kier molecular flexibility index (Phi) is 8.06. The number of allylic oxidation sites excluding steroid dienone is 4. The molecule has 0 aromatic heterocycles. The number of hydrogen-bond acceptors (Lipinski definition) is 5. The predicted octanol–water partition coefficient (Wildman–Crippen LogP) is 7.84. The quantitative estimate of drug-likeness (QED) is 0.202. The smallest absolute Gasteiger partial charge is 0.193 e. The monoisotopic (exact) mass is 542 g/mol. The molecule has 0 saturated carbocycles. The first kappa shape index (κ1) is 27.5. The third-order valence-electron chi connectivity index (χ3n) is 7.21. The molecule has 204 valence electrons. The summed E-state index contributed by atoms with van der Waals surface area (Å²) in [5.41, 5.74) is 4.02. The van der Waals surface area contributed by atoms with Crippen molar-refractivity contribution < 1.29 is 23.9 Å². The van der Waals surface area contributed by atoms with Gasteiger partial charge in [0.15, 0.2) is 17.3 Å². The van der Waals surface area contributed by atoms with Crippen LogP contribution in [0, 0.1) is 18.8 Å². The topological polar surface area (TPSA) is 69.7 Å². The largest absolute Gasteiger partial charge is 0.497 e. The second-order valence-electron chi connectivity index (χ2n) is 10.1. The normalized spacial score (nSPS) is 16.0. The first-order chi connectivity index (χ1) is 19.8. The molecule has 0 fully saturated rings. The van der Waals surface area contributed by atoms with Crippen LogP contribution in [0.25, 0.3) is 0 Å². The van der Waals surface area contributed by atoms with E-state index >= 15 is 0 Å². The molecule has 4 aromatic carbocycles. The number of carbonyl (C=O) groups excluding carboxylic acids is 3. The first-order valence-electron chi connectivity index (χ1n) is 13.4. The lowest BCUT2D eigenvalue weighted by atomic mass is 9.81. The van der Waals surface area contributed by atoms with Crippen LogP contribution in [0.5, 0.6) is 17.2 Å². The number of methoxy groups -OCH3 is 1. The summed E-state index contributed by atoms with van der Waals surface area (Å²) < 4.78 is 11.1. The van der Waals surface area contributed by atoms with E-state index in [-0.39, 0.29) is 29.2 Å². The van der Waals surface area contributed by atoms with Crippen molar-refractivity contribution in [3.05, 3.63) is 149 Å². The van der Waals surface area contributed by atoms with E-state index in [0.717, 1.165) is 5.56 Å². The summed E-state index contributed by atoms with van der Waals surface area (Å²) >= 11 is 0. The lowest BCUT2D eigenvalue weighted by Gasteiger charge is -2.22. The molecule has 0 radical (unpaired) electrons. The number of carbonyl (C=O) groups is 3. The molecule has 4 aromatic rings. The summed E-state index contributed by atoms with van der Waals surface area (Å²) in [6.45, 7) is 3.93. The van der Waals surface area contributed by atoms with Gasteiger partial charge in [0.2, 0.25) is 0 Å². The SMILES string of the molecule is COc1ccc(C(=O)C2C=CC(C(=O)c3ccc(Oc4ccc(C(=O)c5ccc(C)cc5)cc4)cc3)=CC2C)cc1. The van der Waals surface area contributed by atoms with Gasteiger partial charge in [0, 0.05) is 33.7 Å². The Morgan fingerprint density at radius 2 is 1.07 bits per heavy atom. The summed E-state index contributed by atoms with van der Waals surface area (Å²) in [6, 6.07) is 28.5. The van der Waals surface area contributed by atoms with E-state index in [0.29, 0.717) is 45.1 Å². The minimum absolute atomic E-state index is 0.00759. The minimum atomic E-state index is -0.339. The number of ketones is 3. The second kappa shape index (κ2) is 12.0. The fourth-order valence-corrected chi connectivity index (χ4v) is 4.77. The van der Waals surface area contributed by atoms with Crippen molar-refractivity contribution in [2.75, 3.05) is 7.11 Å². The van der Waals surface area contributed by atoms with Crippen molar-refractivity contribution in [2.24, 2.45) is 11.8 Å². The maximum Gasteiger partial charge on any atom is 0.193 e. The van der Waals surface area contributed by atoms with Gasteiger partial charge in [0.25, 0.3) is 0 Å². The lowest BCUT2D eigenvalue weighted by molar-refractivity contribution is 0.0921. The summed E-state index contributed by atoms with van der Waals surface area (Å²) in [4.78, 5) is 38.9. The number of benzene rings is 4. The Morgan fingerprint density at radius 3 is 1.59 bits per heavy atom. The van der Waals surface area contributed by atoms with Crippen LogP contribution >= 0.6 is 0 Å². The van der Waals surface area contributed by atoms with Crippen LogP contribution in [0.15, 0.2) is 121 Å². The van der Waals surface area contributed by atoms with E-state index < -0.39 is 0 Å². The summed E-state index contributed by atoms with van der Waals surface area (Å²) in [6.07, 6.45) is 5.41. The maximum absolute atomic E-state index is 13.2. The van der Waals surface area contributed by atoms with Crippen molar-refractivity contribution in [1.29, 1.82) is 0 Å². The van der Waals surface area contributed by atoms with Gasteiger partial charge >= 0.3 is 0 Å². The van der Waals surface area contributed by atoms with E-state index in [4.69, 9.17) is 9.47 Å². The average Bonchev–Trinajstić information content (AvgIpc) is 3.01. The molecule has 0 heterocycles. The molecule has 0 aliphatic heterocycles. The summed E-state index contributed by atoms with van der Waals surface area (Å²) in [5.74, 6) is 1.24. The maximum atomic E-state index is 13.2. The van der Waals surface area contributed by atoms with E-state index in [2.05, 4.69) is 0 Å². The predicted molar refractivity (Wildman–Crippen MR) is 159 cm³/mol. The summed E-state index contributed by atoms with van der Waals surface area (Å²) in [7, 11) is 1.59. The molecule has 5 nitrogen and oxygen atoms in total. The van der Waals surface area contributed by atoms with Crippen LogP contribution in [0.2, 0.25) is 0 Å². The number of aryl methyl sites for hydroxylation is 1. The Bertz CT molecular complexity index is 1620. The Labute approximate surface area is 239 Å². The number of rotatable bonds is 9. The van der Waals surface area contributed by atoms with Gasteiger partial charge in [-0.05, 0) is 85.6 Å². The zero-order valence-corrected chi connectivity index (χ0v) is 23.2. The molecule has 5 heteroatoms. The third-order valence-corrected chi connectivity index (χ3v) is 7.21. The van der Waals surface area contributed by atoms with E-state index in [1.807, 2.05) is 50.3 Å². The molecule has 0 N–H and O–H groups in total. The van der Waals surface area contributed by atoms with Gasteiger partial charge in [0.1, 0.15) is 17.2 Å². The highest BCUT2D eigenvalue weighted by molar-refractivity contribution is 6.11. The average molecular weight is 543 g/mol.